The zero-order chi connectivity index (χ0) is 30.8. The van der Waals surface area contributed by atoms with Crippen molar-refractivity contribution in [3.63, 3.8) is 0 Å². The fraction of sp³-hybridized carbons (Fsp3) is 0.656. The summed E-state index contributed by atoms with van der Waals surface area (Å²) in [5.74, 6) is -1.77. The van der Waals surface area contributed by atoms with Crippen LogP contribution in [0.25, 0.3) is 0 Å². The van der Waals surface area contributed by atoms with Crippen LogP contribution in [0.15, 0.2) is 42.5 Å². The van der Waals surface area contributed by atoms with Crippen LogP contribution in [-0.2, 0) is 19.9 Å². The van der Waals surface area contributed by atoms with E-state index in [4.69, 9.17) is 14.9 Å². The Balaban J connectivity index is 0.000000675. The highest BCUT2D eigenvalue weighted by atomic mass is 16.5. The minimum absolute atomic E-state index is 0.0237. The Morgan fingerprint density at radius 2 is 1.69 bits per heavy atom. The molecule has 10 nitrogen and oxygen atoms in total. The number of methoxy groups -OCH3 is 1. The highest BCUT2D eigenvalue weighted by Crippen LogP contribution is 2.39. The highest BCUT2D eigenvalue weighted by molar-refractivity contribution is 5.89. The fourth-order valence-electron chi connectivity index (χ4n) is 6.18. The number of carbonyl (C=O) groups is 3. The molecule has 5 N–H and O–H groups in total. The van der Waals surface area contributed by atoms with Gasteiger partial charge in [0, 0.05) is 57.5 Å². The normalized spacial score (nSPS) is 19.8. The number of unbranched alkanes of at least 4 members (excludes halogenated alkanes) is 1. The number of urea groups is 1. The number of nitrogens with one attached hydrogen (secondary N) is 2. The van der Waals surface area contributed by atoms with E-state index in [1.165, 1.54) is 32.1 Å². The van der Waals surface area contributed by atoms with Crippen LogP contribution in [0.1, 0.15) is 76.2 Å². The molecule has 0 bridgehead atoms. The van der Waals surface area contributed by atoms with E-state index in [1.807, 2.05) is 42.3 Å². The quantitative estimate of drug-likeness (QED) is 0.159. The zero-order valence-electron chi connectivity index (χ0n) is 25.3. The van der Waals surface area contributed by atoms with Crippen LogP contribution in [-0.4, -0.2) is 84.6 Å². The molecule has 3 atom stereocenters. The van der Waals surface area contributed by atoms with Gasteiger partial charge >= 0.3 is 18.0 Å². The summed E-state index contributed by atoms with van der Waals surface area (Å²) in [4.78, 5) is 34.4. The van der Waals surface area contributed by atoms with Crippen molar-refractivity contribution in [3.05, 3.63) is 48.0 Å². The molecule has 0 spiro atoms. The molecule has 2 fully saturated rings. The zero-order valence-corrected chi connectivity index (χ0v) is 25.3. The average Bonchev–Trinajstić information content (AvgIpc) is 2.99. The molecule has 3 rings (SSSR count). The number of carboxylic acids is 2. The van der Waals surface area contributed by atoms with Gasteiger partial charge in [0.1, 0.15) is 0 Å². The van der Waals surface area contributed by atoms with E-state index in [2.05, 4.69) is 10.6 Å². The molecule has 1 saturated heterocycles. The number of ether oxygens (including phenoxy) is 1. The monoisotopic (exact) mass is 589 g/mol. The van der Waals surface area contributed by atoms with Crippen molar-refractivity contribution in [2.24, 2.45) is 11.8 Å². The first-order valence-corrected chi connectivity index (χ1v) is 15.3. The first-order chi connectivity index (χ1) is 20.2. The number of carboxylic acid groups (broad SMARTS) is 2. The Morgan fingerprint density at radius 3 is 2.29 bits per heavy atom. The predicted octanol–water partition coefficient (Wildman–Crippen LogP) is 4.38. The minimum atomic E-state index is -1.26. The Kier molecular flexibility index (Phi) is 16.2. The Bertz CT molecular complexity index is 952. The maximum Gasteiger partial charge on any atom is 0.328 e. The summed E-state index contributed by atoms with van der Waals surface area (Å²) in [7, 11) is 3.68. The summed E-state index contributed by atoms with van der Waals surface area (Å²) in [5, 5.41) is 34.2. The van der Waals surface area contributed by atoms with Crippen molar-refractivity contribution in [2.75, 3.05) is 40.4 Å². The number of hydrogen-bond acceptors (Lipinski definition) is 6. The van der Waals surface area contributed by atoms with E-state index in [0.717, 1.165) is 56.7 Å². The molecule has 2 aliphatic rings. The number of likely N-dealkylation sites (N-methyl/N-ethyl adjacent to an activating group) is 1. The van der Waals surface area contributed by atoms with Crippen LogP contribution in [0.3, 0.4) is 0 Å². The summed E-state index contributed by atoms with van der Waals surface area (Å²) in [6.45, 7) is 2.86. The average molecular weight is 590 g/mol. The number of rotatable bonds is 14. The first kappa shape index (κ1) is 35.2. The molecule has 0 radical (unpaired) electrons. The number of nitrogens with zero attached hydrogens (tertiary/aromatic N) is 1. The molecule has 0 aromatic heterocycles. The number of aliphatic hydroxyl groups is 1. The summed E-state index contributed by atoms with van der Waals surface area (Å²) < 4.78 is 5.22. The second-order valence-electron chi connectivity index (χ2n) is 11.5. The summed E-state index contributed by atoms with van der Waals surface area (Å²) in [6.07, 6.45) is 13.1. The molecule has 10 heteroatoms. The molecule has 236 valence electrons. The van der Waals surface area contributed by atoms with E-state index < -0.39 is 17.5 Å². The van der Waals surface area contributed by atoms with E-state index in [-0.39, 0.29) is 18.0 Å². The second kappa shape index (κ2) is 19.3. The largest absolute Gasteiger partial charge is 0.478 e. The number of hydrogen-bond donors (Lipinski definition) is 5. The van der Waals surface area contributed by atoms with Crippen molar-refractivity contribution < 1.29 is 34.4 Å². The lowest BCUT2D eigenvalue weighted by Crippen LogP contribution is -2.54. The smallest absolute Gasteiger partial charge is 0.328 e. The molecular formula is C32H51N3O7. The number of carbonyl (C=O) groups excluding carboxylic acids is 1. The Morgan fingerprint density at radius 1 is 1.02 bits per heavy atom. The maximum absolute atomic E-state index is 13.3. The van der Waals surface area contributed by atoms with Crippen LogP contribution < -0.4 is 10.6 Å². The van der Waals surface area contributed by atoms with Gasteiger partial charge in [0.2, 0.25) is 0 Å². The van der Waals surface area contributed by atoms with Crippen LogP contribution in [0.4, 0.5) is 4.79 Å². The van der Waals surface area contributed by atoms with Gasteiger partial charge in [0.05, 0.1) is 5.60 Å². The summed E-state index contributed by atoms with van der Waals surface area (Å²) >= 11 is 0. The molecule has 1 aliphatic heterocycles. The number of amides is 2. The van der Waals surface area contributed by atoms with Crippen LogP contribution in [0, 0.1) is 11.8 Å². The molecule has 1 saturated carbocycles. The third-order valence-corrected chi connectivity index (χ3v) is 8.30. The third-order valence-electron chi connectivity index (χ3n) is 8.30. The summed E-state index contributed by atoms with van der Waals surface area (Å²) in [5.41, 5.74) is 0.0329. The van der Waals surface area contributed by atoms with Crippen molar-refractivity contribution in [2.45, 2.75) is 82.3 Å². The van der Waals surface area contributed by atoms with Crippen molar-refractivity contribution in [1.29, 1.82) is 0 Å². The van der Waals surface area contributed by atoms with Crippen LogP contribution >= 0.6 is 0 Å². The molecule has 1 aliphatic carbocycles. The molecule has 2 amide bonds. The molecular weight excluding hydrogens is 538 g/mol. The third kappa shape index (κ3) is 12.5. The fourth-order valence-corrected chi connectivity index (χ4v) is 6.18. The van der Waals surface area contributed by atoms with Crippen LogP contribution in [0.2, 0.25) is 0 Å². The van der Waals surface area contributed by atoms with Crippen molar-refractivity contribution in [3.8, 4) is 0 Å². The maximum atomic E-state index is 13.3. The van der Waals surface area contributed by atoms with Gasteiger partial charge in [-0.3, -0.25) is 0 Å². The topological polar surface area (TPSA) is 148 Å². The molecule has 1 heterocycles. The van der Waals surface area contributed by atoms with Gasteiger partial charge in [-0.25, -0.2) is 14.4 Å². The van der Waals surface area contributed by atoms with E-state index in [0.29, 0.717) is 31.7 Å². The van der Waals surface area contributed by atoms with Gasteiger partial charge in [-0.1, -0.05) is 62.4 Å². The summed E-state index contributed by atoms with van der Waals surface area (Å²) in [6, 6.07) is 10.2. The molecule has 42 heavy (non-hydrogen) atoms. The number of piperidine rings is 1. The Hall–Kier alpha value is -2.95. The second-order valence-corrected chi connectivity index (χ2v) is 11.5. The van der Waals surface area contributed by atoms with Crippen LogP contribution in [0.5, 0.6) is 0 Å². The van der Waals surface area contributed by atoms with E-state index >= 15 is 0 Å². The number of likely N-dealkylation sites (tertiary alicyclic amines) is 1. The first-order valence-electron chi connectivity index (χ1n) is 15.3. The lowest BCUT2D eigenvalue weighted by atomic mass is 9.74. The molecule has 0 unspecified atom stereocenters. The van der Waals surface area contributed by atoms with Gasteiger partial charge in [-0.2, -0.15) is 0 Å². The lowest BCUT2D eigenvalue weighted by molar-refractivity contribution is -0.134. The van der Waals surface area contributed by atoms with Gasteiger partial charge in [0.25, 0.3) is 0 Å². The standard InChI is InChI=1S/C28H47N3O3.C4H4O4/c1-29-21-26(20-23-12-5-3-6-13-23)30-27(32)31-18-11-16-25(22-31)28(33,17-9-10-19-34-2)24-14-7-4-8-15-24;5-3(6)1-2-4(7)8/h4,7-8,14-15,23,25-26,29,33H,3,5-6,9-13,16-22H2,1-2H3,(H,30,32);1-2H,(H,5,6)(H,7,8)/b;2-1+/t25-,26+,28-;/m1./s1. The van der Waals surface area contributed by atoms with Gasteiger partial charge in [-0.15, -0.1) is 0 Å². The predicted molar refractivity (Wildman–Crippen MR) is 162 cm³/mol. The van der Waals surface area contributed by atoms with E-state index in [1.54, 1.807) is 7.11 Å². The number of aliphatic carboxylic acids is 2. The van der Waals surface area contributed by atoms with Crippen molar-refractivity contribution >= 4 is 18.0 Å². The highest BCUT2D eigenvalue weighted by Gasteiger charge is 2.41. The number of benzene rings is 1. The molecule has 1 aromatic carbocycles. The lowest BCUT2D eigenvalue weighted by Gasteiger charge is -2.43. The van der Waals surface area contributed by atoms with Crippen molar-refractivity contribution in [1.82, 2.24) is 15.5 Å². The van der Waals surface area contributed by atoms with Gasteiger partial charge in [0.15, 0.2) is 0 Å². The van der Waals surface area contributed by atoms with Gasteiger partial charge < -0.3 is 35.6 Å². The minimum Gasteiger partial charge on any atom is -0.478 e. The SMILES string of the molecule is CNC[C@H](CC1CCCCC1)NC(=O)N1CCC[C@@H]([C@@](O)(CCCCOC)c2ccccc2)C1.O=C(O)/C=C/C(=O)O. The Labute approximate surface area is 250 Å². The van der Waals surface area contributed by atoms with E-state index in [9.17, 15) is 19.5 Å². The molecule has 1 aromatic rings. The van der Waals surface area contributed by atoms with Gasteiger partial charge in [-0.05, 0) is 57.1 Å².